The number of aromatic amines is 1. The van der Waals surface area contributed by atoms with Gasteiger partial charge in [0, 0.05) is 54.8 Å². The fourth-order valence-electron chi connectivity index (χ4n) is 5.01. The van der Waals surface area contributed by atoms with E-state index in [1.807, 2.05) is 19.1 Å². The summed E-state index contributed by atoms with van der Waals surface area (Å²) in [5, 5.41) is 24.2. The molecular formula is C30H39N7O3. The first-order chi connectivity index (χ1) is 19.2. The van der Waals surface area contributed by atoms with Crippen molar-refractivity contribution in [3.05, 3.63) is 59.7 Å². The SMILES string of the molecule is CNC(=N)NCCC[C@@H]1NC(=O)C(NC(C)=O)Cc2ccc3[nH]c4ccc(cc4c3c2)C/C=C/CC(C)NC1=O. The summed E-state index contributed by atoms with van der Waals surface area (Å²) in [5.74, 6) is -0.825. The van der Waals surface area contributed by atoms with Crippen molar-refractivity contribution in [1.82, 2.24) is 31.6 Å². The fourth-order valence-corrected chi connectivity index (χ4v) is 5.01. The first-order valence-corrected chi connectivity index (χ1v) is 13.8. The second kappa shape index (κ2) is 13.1. The van der Waals surface area contributed by atoms with Crippen LogP contribution in [0.5, 0.6) is 0 Å². The molecule has 3 amide bonds. The number of hydrogen-bond donors (Lipinski definition) is 7. The average molecular weight is 546 g/mol. The number of carbonyl (C=O) groups excluding carboxylic acids is 3. The summed E-state index contributed by atoms with van der Waals surface area (Å²) in [6.07, 6.45) is 6.83. The molecule has 4 rings (SSSR count). The van der Waals surface area contributed by atoms with E-state index in [0.717, 1.165) is 33.8 Å². The van der Waals surface area contributed by atoms with Crippen molar-refractivity contribution >= 4 is 45.5 Å². The van der Waals surface area contributed by atoms with Gasteiger partial charge >= 0.3 is 0 Å². The molecule has 40 heavy (non-hydrogen) atoms. The van der Waals surface area contributed by atoms with Crippen LogP contribution in [0.1, 0.15) is 44.2 Å². The normalized spacial score (nSPS) is 21.0. The summed E-state index contributed by atoms with van der Waals surface area (Å²) < 4.78 is 0. The largest absolute Gasteiger partial charge is 0.360 e. The quantitative estimate of drug-likeness (QED) is 0.114. The van der Waals surface area contributed by atoms with Gasteiger partial charge in [-0.25, -0.2) is 0 Å². The molecule has 4 bridgehead atoms. The number of fused-ring (bicyclic) bond motifs is 2. The molecule has 0 saturated carbocycles. The Hall–Kier alpha value is -4.34. The molecule has 0 saturated heterocycles. The van der Waals surface area contributed by atoms with Crippen LogP contribution in [0, 0.1) is 5.41 Å². The number of rotatable bonds is 5. The lowest BCUT2D eigenvalue weighted by Gasteiger charge is -2.24. The highest BCUT2D eigenvalue weighted by atomic mass is 16.2. The third kappa shape index (κ3) is 7.40. The second-order valence-corrected chi connectivity index (χ2v) is 10.4. The molecule has 1 aliphatic heterocycles. The number of carbonyl (C=O) groups is 3. The maximum Gasteiger partial charge on any atom is 0.243 e. The van der Waals surface area contributed by atoms with Gasteiger partial charge in [0.1, 0.15) is 12.1 Å². The molecule has 0 fully saturated rings. The Morgan fingerprint density at radius 3 is 2.40 bits per heavy atom. The highest BCUT2D eigenvalue weighted by Crippen LogP contribution is 2.28. The molecule has 2 heterocycles. The lowest BCUT2D eigenvalue weighted by atomic mass is 10.0. The molecule has 1 aliphatic rings. The van der Waals surface area contributed by atoms with Crippen molar-refractivity contribution in [3.8, 4) is 0 Å². The summed E-state index contributed by atoms with van der Waals surface area (Å²) >= 11 is 0. The number of benzene rings is 2. The highest BCUT2D eigenvalue weighted by Gasteiger charge is 2.27. The van der Waals surface area contributed by atoms with Crippen molar-refractivity contribution in [1.29, 1.82) is 5.41 Å². The number of aromatic nitrogens is 1. The first kappa shape index (κ1) is 28.7. The van der Waals surface area contributed by atoms with E-state index in [4.69, 9.17) is 5.41 Å². The molecule has 10 heteroatoms. The van der Waals surface area contributed by atoms with Gasteiger partial charge in [-0.05, 0) is 68.0 Å². The van der Waals surface area contributed by atoms with E-state index < -0.39 is 18.0 Å². The molecule has 10 nitrogen and oxygen atoms in total. The monoisotopic (exact) mass is 545 g/mol. The van der Waals surface area contributed by atoms with E-state index in [0.29, 0.717) is 25.8 Å². The summed E-state index contributed by atoms with van der Waals surface area (Å²) in [6, 6.07) is 10.6. The summed E-state index contributed by atoms with van der Waals surface area (Å²) in [6.45, 7) is 3.79. The molecule has 212 valence electrons. The van der Waals surface area contributed by atoms with Gasteiger partial charge in [-0.3, -0.25) is 19.8 Å². The van der Waals surface area contributed by atoms with Gasteiger partial charge in [-0.15, -0.1) is 0 Å². The number of amides is 3. The van der Waals surface area contributed by atoms with Gasteiger partial charge in [0.25, 0.3) is 0 Å². The van der Waals surface area contributed by atoms with Crippen molar-refractivity contribution in [3.63, 3.8) is 0 Å². The number of guanidine groups is 1. The van der Waals surface area contributed by atoms with Gasteiger partial charge in [-0.1, -0.05) is 24.3 Å². The van der Waals surface area contributed by atoms with Gasteiger partial charge in [0.2, 0.25) is 17.7 Å². The molecule has 3 atom stereocenters. The Bertz CT molecular complexity index is 1430. The standard InChI is InChI=1S/C30H39N7O3/c1-18-7-4-5-8-20-10-12-24-22(15-20)23-16-21(11-13-25(23)36-24)17-27(35-19(2)38)29(40)37-26(28(39)34-18)9-6-14-33-30(31)32-3/h4-5,10-13,15-16,18,26-27,36H,6-9,14,17H2,1-3H3,(H,34,39)(H,35,38)(H,37,40)(H3,31,32,33)/b5-4+/t18?,26-,27?/m0/s1. The minimum absolute atomic E-state index is 0.129. The molecule has 0 spiro atoms. The van der Waals surface area contributed by atoms with E-state index in [9.17, 15) is 14.4 Å². The Kier molecular flexibility index (Phi) is 9.42. The van der Waals surface area contributed by atoms with Crippen LogP contribution in [0.15, 0.2) is 48.6 Å². The van der Waals surface area contributed by atoms with E-state index in [2.05, 4.69) is 68.0 Å². The smallest absolute Gasteiger partial charge is 0.243 e. The first-order valence-electron chi connectivity index (χ1n) is 13.8. The molecule has 3 aromatic rings. The van der Waals surface area contributed by atoms with Gasteiger partial charge in [-0.2, -0.15) is 0 Å². The van der Waals surface area contributed by atoms with E-state index in [1.165, 1.54) is 12.5 Å². The van der Waals surface area contributed by atoms with Crippen molar-refractivity contribution < 1.29 is 14.4 Å². The summed E-state index contributed by atoms with van der Waals surface area (Å²) in [4.78, 5) is 42.3. The van der Waals surface area contributed by atoms with Crippen LogP contribution in [0.3, 0.4) is 0 Å². The van der Waals surface area contributed by atoms with Crippen molar-refractivity contribution in [2.24, 2.45) is 0 Å². The average Bonchev–Trinajstić information content (AvgIpc) is 3.28. The minimum Gasteiger partial charge on any atom is -0.360 e. The number of allylic oxidation sites excluding steroid dienone is 1. The van der Waals surface area contributed by atoms with Crippen LogP contribution < -0.4 is 26.6 Å². The van der Waals surface area contributed by atoms with Crippen molar-refractivity contribution in [2.75, 3.05) is 13.6 Å². The Balaban J connectivity index is 1.65. The molecule has 0 radical (unpaired) electrons. The third-order valence-corrected chi connectivity index (χ3v) is 7.11. The minimum atomic E-state index is -0.846. The van der Waals surface area contributed by atoms with Crippen LogP contribution in [-0.4, -0.2) is 60.4 Å². The Morgan fingerprint density at radius 2 is 1.70 bits per heavy atom. The second-order valence-electron chi connectivity index (χ2n) is 10.4. The van der Waals surface area contributed by atoms with Gasteiger partial charge < -0.3 is 31.6 Å². The molecule has 1 aromatic heterocycles. The van der Waals surface area contributed by atoms with E-state index in [1.54, 1.807) is 7.05 Å². The lowest BCUT2D eigenvalue weighted by molar-refractivity contribution is -0.132. The zero-order chi connectivity index (χ0) is 28.6. The molecule has 2 aromatic carbocycles. The van der Waals surface area contributed by atoms with Crippen LogP contribution in [0.25, 0.3) is 21.8 Å². The third-order valence-electron chi connectivity index (χ3n) is 7.11. The lowest BCUT2D eigenvalue weighted by Crippen LogP contribution is -2.55. The predicted molar refractivity (Wildman–Crippen MR) is 158 cm³/mol. The zero-order valence-corrected chi connectivity index (χ0v) is 23.3. The highest BCUT2D eigenvalue weighted by molar-refractivity contribution is 6.07. The van der Waals surface area contributed by atoms with E-state index in [-0.39, 0.29) is 30.2 Å². The fraction of sp³-hybridized carbons (Fsp3) is 0.400. The van der Waals surface area contributed by atoms with Crippen LogP contribution >= 0.6 is 0 Å². The van der Waals surface area contributed by atoms with Crippen LogP contribution in [-0.2, 0) is 27.2 Å². The summed E-state index contributed by atoms with van der Waals surface area (Å²) in [5.41, 5.74) is 4.14. The van der Waals surface area contributed by atoms with Crippen molar-refractivity contribution in [2.45, 2.75) is 64.1 Å². The Labute approximate surface area is 234 Å². The molecule has 0 aliphatic carbocycles. The van der Waals surface area contributed by atoms with E-state index >= 15 is 0 Å². The molecular weight excluding hydrogens is 506 g/mol. The number of H-pyrrole nitrogens is 1. The molecule has 7 N–H and O–H groups in total. The summed E-state index contributed by atoms with van der Waals surface area (Å²) in [7, 11) is 1.65. The number of hydrogen-bond acceptors (Lipinski definition) is 4. The van der Waals surface area contributed by atoms with Crippen LogP contribution in [0.2, 0.25) is 0 Å². The zero-order valence-electron chi connectivity index (χ0n) is 23.3. The Morgan fingerprint density at radius 1 is 1.00 bits per heavy atom. The van der Waals surface area contributed by atoms with Crippen LogP contribution in [0.4, 0.5) is 0 Å². The predicted octanol–water partition coefficient (Wildman–Crippen LogP) is 2.38. The van der Waals surface area contributed by atoms with Gasteiger partial charge in [0.15, 0.2) is 5.96 Å². The number of nitrogens with one attached hydrogen (secondary N) is 7. The molecule has 2 unspecified atom stereocenters. The maximum atomic E-state index is 13.5. The van der Waals surface area contributed by atoms with Gasteiger partial charge in [0.05, 0.1) is 0 Å². The topological polar surface area (TPSA) is 151 Å². The maximum absolute atomic E-state index is 13.5.